The molecule has 1 unspecified atom stereocenters. The lowest BCUT2D eigenvalue weighted by Gasteiger charge is -2.19. The zero-order valence-electron chi connectivity index (χ0n) is 15.1. The fourth-order valence-electron chi connectivity index (χ4n) is 2.25. The SMILES string of the molecule is CCc1cccc(Oc2ccc(NC(=O)N(C)CC(C)C(=O)O)cn2)c1. The van der Waals surface area contributed by atoms with Crippen LogP contribution in [0.1, 0.15) is 19.4 Å². The quantitative estimate of drug-likeness (QED) is 0.789. The van der Waals surface area contributed by atoms with Crippen LogP contribution in [-0.4, -0.2) is 40.6 Å². The second-order valence-electron chi connectivity index (χ2n) is 6.04. The molecular weight excluding hydrogens is 334 g/mol. The van der Waals surface area contributed by atoms with Gasteiger partial charge < -0.3 is 20.1 Å². The van der Waals surface area contributed by atoms with E-state index in [-0.39, 0.29) is 6.54 Å². The molecule has 0 fully saturated rings. The van der Waals surface area contributed by atoms with Gasteiger partial charge in [-0.3, -0.25) is 4.79 Å². The van der Waals surface area contributed by atoms with Crippen molar-refractivity contribution in [2.45, 2.75) is 20.3 Å². The number of pyridine rings is 1. The molecule has 2 aromatic rings. The average Bonchev–Trinajstić information content (AvgIpc) is 2.63. The molecule has 0 saturated heterocycles. The van der Waals surface area contributed by atoms with E-state index in [0.29, 0.717) is 17.3 Å². The molecule has 0 spiro atoms. The number of carboxylic acid groups (broad SMARTS) is 1. The van der Waals surface area contributed by atoms with Gasteiger partial charge in [-0.25, -0.2) is 9.78 Å². The van der Waals surface area contributed by atoms with Gasteiger partial charge in [0.05, 0.1) is 17.8 Å². The number of rotatable bonds is 7. The highest BCUT2D eigenvalue weighted by Gasteiger charge is 2.17. The normalized spacial score (nSPS) is 11.5. The number of aromatic nitrogens is 1. The molecule has 0 saturated carbocycles. The number of ether oxygens (including phenoxy) is 1. The molecule has 1 atom stereocenters. The Labute approximate surface area is 152 Å². The first-order valence-corrected chi connectivity index (χ1v) is 8.36. The molecule has 7 nitrogen and oxygen atoms in total. The van der Waals surface area contributed by atoms with Gasteiger partial charge in [-0.2, -0.15) is 0 Å². The van der Waals surface area contributed by atoms with E-state index in [4.69, 9.17) is 9.84 Å². The molecule has 138 valence electrons. The predicted molar refractivity (Wildman–Crippen MR) is 98.6 cm³/mol. The Morgan fingerprint density at radius 1 is 1.31 bits per heavy atom. The second-order valence-corrected chi connectivity index (χ2v) is 6.04. The molecule has 0 aliphatic rings. The van der Waals surface area contributed by atoms with E-state index in [1.807, 2.05) is 24.3 Å². The van der Waals surface area contributed by atoms with Crippen molar-refractivity contribution < 1.29 is 19.4 Å². The third-order valence-corrected chi connectivity index (χ3v) is 3.83. The lowest BCUT2D eigenvalue weighted by atomic mass is 10.2. The fraction of sp³-hybridized carbons (Fsp3) is 0.316. The van der Waals surface area contributed by atoms with Crippen molar-refractivity contribution in [2.75, 3.05) is 18.9 Å². The first-order chi connectivity index (χ1) is 12.4. The van der Waals surface area contributed by atoms with Gasteiger partial charge >= 0.3 is 12.0 Å². The smallest absolute Gasteiger partial charge is 0.321 e. The molecule has 0 aliphatic heterocycles. The van der Waals surface area contributed by atoms with Crippen molar-refractivity contribution in [2.24, 2.45) is 5.92 Å². The Balaban J connectivity index is 1.94. The molecular formula is C19H23N3O4. The third kappa shape index (κ3) is 5.47. The van der Waals surface area contributed by atoms with E-state index in [1.54, 1.807) is 26.1 Å². The summed E-state index contributed by atoms with van der Waals surface area (Å²) in [4.78, 5) is 28.4. The number of aryl methyl sites for hydroxylation is 1. The van der Waals surface area contributed by atoms with Gasteiger partial charge in [0.25, 0.3) is 0 Å². The van der Waals surface area contributed by atoms with Crippen LogP contribution in [0.3, 0.4) is 0 Å². The van der Waals surface area contributed by atoms with Crippen molar-refractivity contribution in [1.82, 2.24) is 9.88 Å². The summed E-state index contributed by atoms with van der Waals surface area (Å²) in [7, 11) is 1.54. The van der Waals surface area contributed by atoms with Crippen molar-refractivity contribution in [3.8, 4) is 11.6 Å². The predicted octanol–water partition coefficient (Wildman–Crippen LogP) is 3.62. The lowest BCUT2D eigenvalue weighted by molar-refractivity contribution is -0.141. The lowest BCUT2D eigenvalue weighted by Crippen LogP contribution is -2.36. The summed E-state index contributed by atoms with van der Waals surface area (Å²) in [5, 5.41) is 11.6. The average molecular weight is 357 g/mol. The number of amides is 2. The van der Waals surface area contributed by atoms with Crippen molar-refractivity contribution in [3.63, 3.8) is 0 Å². The highest BCUT2D eigenvalue weighted by atomic mass is 16.5. The Morgan fingerprint density at radius 3 is 2.69 bits per heavy atom. The van der Waals surface area contributed by atoms with Gasteiger partial charge in [0.15, 0.2) is 0 Å². The number of hydrogen-bond acceptors (Lipinski definition) is 4. The third-order valence-electron chi connectivity index (χ3n) is 3.83. The van der Waals surface area contributed by atoms with Gasteiger partial charge in [0, 0.05) is 19.7 Å². The van der Waals surface area contributed by atoms with Gasteiger partial charge in [-0.1, -0.05) is 26.0 Å². The second kappa shape index (κ2) is 8.84. The van der Waals surface area contributed by atoms with Gasteiger partial charge in [0.1, 0.15) is 5.75 Å². The van der Waals surface area contributed by atoms with E-state index >= 15 is 0 Å². The minimum Gasteiger partial charge on any atom is -0.481 e. The van der Waals surface area contributed by atoms with Gasteiger partial charge in [-0.05, 0) is 30.2 Å². The maximum Gasteiger partial charge on any atom is 0.321 e. The molecule has 2 N–H and O–H groups in total. The number of carbonyl (C=O) groups excluding carboxylic acids is 1. The number of carbonyl (C=O) groups is 2. The zero-order valence-corrected chi connectivity index (χ0v) is 15.1. The van der Waals surface area contributed by atoms with Crippen LogP contribution in [0.15, 0.2) is 42.6 Å². The number of hydrogen-bond donors (Lipinski definition) is 2. The topological polar surface area (TPSA) is 91.8 Å². The molecule has 0 aliphatic carbocycles. The van der Waals surface area contributed by atoms with Crippen LogP contribution in [0.5, 0.6) is 11.6 Å². The molecule has 1 heterocycles. The number of aliphatic carboxylic acids is 1. The number of carboxylic acids is 1. The number of anilines is 1. The summed E-state index contributed by atoms with van der Waals surface area (Å²) < 4.78 is 5.71. The largest absolute Gasteiger partial charge is 0.481 e. The minimum absolute atomic E-state index is 0.115. The first kappa shape index (κ1) is 19.2. The number of nitrogens with one attached hydrogen (secondary N) is 1. The minimum atomic E-state index is -0.944. The Kier molecular flexibility index (Phi) is 6.54. The molecule has 0 bridgehead atoms. The monoisotopic (exact) mass is 357 g/mol. The van der Waals surface area contributed by atoms with Crippen molar-refractivity contribution >= 4 is 17.7 Å². The first-order valence-electron chi connectivity index (χ1n) is 8.36. The molecule has 7 heteroatoms. The van der Waals surface area contributed by atoms with Crippen LogP contribution in [0.2, 0.25) is 0 Å². The summed E-state index contributed by atoms with van der Waals surface area (Å²) >= 11 is 0. The van der Waals surface area contributed by atoms with Crippen LogP contribution in [-0.2, 0) is 11.2 Å². The summed E-state index contributed by atoms with van der Waals surface area (Å²) in [5.74, 6) is -0.460. The summed E-state index contributed by atoms with van der Waals surface area (Å²) in [6, 6.07) is 10.7. The van der Waals surface area contributed by atoms with E-state index < -0.39 is 17.9 Å². The van der Waals surface area contributed by atoms with Crippen LogP contribution in [0.25, 0.3) is 0 Å². The molecule has 1 aromatic carbocycles. The van der Waals surface area contributed by atoms with Crippen molar-refractivity contribution in [3.05, 3.63) is 48.2 Å². The van der Waals surface area contributed by atoms with Gasteiger partial charge in [-0.15, -0.1) is 0 Å². The summed E-state index contributed by atoms with van der Waals surface area (Å²) in [5.41, 5.74) is 1.67. The zero-order chi connectivity index (χ0) is 19.1. The standard InChI is InChI=1S/C19H23N3O4/c1-4-14-6-5-7-16(10-14)26-17-9-8-15(11-20-17)21-19(25)22(3)12-13(2)18(23)24/h5-11,13H,4,12H2,1-3H3,(H,21,25)(H,23,24). The summed E-state index contributed by atoms with van der Waals surface area (Å²) in [6.45, 7) is 3.74. The maximum absolute atomic E-state index is 12.1. The van der Waals surface area contributed by atoms with Crippen LogP contribution >= 0.6 is 0 Å². The maximum atomic E-state index is 12.1. The van der Waals surface area contributed by atoms with Crippen LogP contribution < -0.4 is 10.1 Å². The molecule has 2 rings (SSSR count). The van der Waals surface area contributed by atoms with E-state index in [9.17, 15) is 9.59 Å². The molecule has 2 amide bonds. The Morgan fingerprint density at radius 2 is 2.08 bits per heavy atom. The van der Waals surface area contributed by atoms with Crippen LogP contribution in [0, 0.1) is 5.92 Å². The van der Waals surface area contributed by atoms with E-state index in [2.05, 4.69) is 17.2 Å². The summed E-state index contributed by atoms with van der Waals surface area (Å²) in [6.07, 6.45) is 2.41. The molecule has 1 aromatic heterocycles. The number of urea groups is 1. The highest BCUT2D eigenvalue weighted by molar-refractivity contribution is 5.89. The Hall–Kier alpha value is -3.09. The van der Waals surface area contributed by atoms with Crippen molar-refractivity contribution in [1.29, 1.82) is 0 Å². The van der Waals surface area contributed by atoms with E-state index in [1.165, 1.54) is 16.7 Å². The molecule has 26 heavy (non-hydrogen) atoms. The van der Waals surface area contributed by atoms with Gasteiger partial charge in [0.2, 0.25) is 5.88 Å². The van der Waals surface area contributed by atoms with E-state index in [0.717, 1.165) is 6.42 Å². The van der Waals surface area contributed by atoms with Crippen LogP contribution in [0.4, 0.5) is 10.5 Å². The Bertz CT molecular complexity index is 762. The fourth-order valence-corrected chi connectivity index (χ4v) is 2.25. The highest BCUT2D eigenvalue weighted by Crippen LogP contribution is 2.21. The number of benzene rings is 1. The number of nitrogens with zero attached hydrogens (tertiary/aromatic N) is 2. The molecule has 0 radical (unpaired) electrons.